The first-order valence-electron chi connectivity index (χ1n) is 5.82. The van der Waals surface area contributed by atoms with Gasteiger partial charge in [-0.3, -0.25) is 0 Å². The van der Waals surface area contributed by atoms with Gasteiger partial charge in [-0.25, -0.2) is 18.1 Å². The Balaban J connectivity index is 2.17. The van der Waals surface area contributed by atoms with Crippen molar-refractivity contribution < 1.29 is 8.42 Å². The summed E-state index contributed by atoms with van der Waals surface area (Å²) < 4.78 is 26.9. The van der Waals surface area contributed by atoms with Gasteiger partial charge in [-0.15, -0.1) is 0 Å². The first-order chi connectivity index (χ1) is 8.38. The summed E-state index contributed by atoms with van der Waals surface area (Å²) in [4.78, 5) is 3.82. The summed E-state index contributed by atoms with van der Waals surface area (Å²) in [5.41, 5.74) is 5.46. The van der Waals surface area contributed by atoms with E-state index in [0.29, 0.717) is 5.92 Å². The van der Waals surface area contributed by atoms with Gasteiger partial charge >= 0.3 is 0 Å². The molecule has 7 heteroatoms. The quantitative estimate of drug-likeness (QED) is 0.888. The molecule has 1 saturated carbocycles. The van der Waals surface area contributed by atoms with Gasteiger partial charge in [-0.1, -0.05) is 18.5 Å². The number of pyridine rings is 1. The number of nitrogens with two attached hydrogens (primary N) is 1. The van der Waals surface area contributed by atoms with Gasteiger partial charge in [0.1, 0.15) is 10.7 Å². The van der Waals surface area contributed by atoms with Crippen molar-refractivity contribution in [2.24, 2.45) is 5.92 Å². The number of nitrogens with one attached hydrogen (secondary N) is 1. The second-order valence-electron chi connectivity index (χ2n) is 4.77. The van der Waals surface area contributed by atoms with Gasteiger partial charge in [0.15, 0.2) is 0 Å². The van der Waals surface area contributed by atoms with Crippen molar-refractivity contribution in [2.75, 3.05) is 5.73 Å². The van der Waals surface area contributed by atoms with Gasteiger partial charge < -0.3 is 5.73 Å². The van der Waals surface area contributed by atoms with E-state index in [-0.39, 0.29) is 21.8 Å². The van der Waals surface area contributed by atoms with Crippen LogP contribution in [0.15, 0.2) is 17.2 Å². The molecule has 0 spiro atoms. The summed E-state index contributed by atoms with van der Waals surface area (Å²) in [6.07, 6.45) is 4.02. The number of anilines is 1. The van der Waals surface area contributed by atoms with Crippen molar-refractivity contribution in [3.8, 4) is 0 Å². The largest absolute Gasteiger partial charge is 0.382 e. The van der Waals surface area contributed by atoms with Gasteiger partial charge in [0, 0.05) is 12.2 Å². The summed E-state index contributed by atoms with van der Waals surface area (Å²) >= 11 is 5.78. The highest BCUT2D eigenvalue weighted by Crippen LogP contribution is 2.26. The molecule has 5 nitrogen and oxygen atoms in total. The molecule has 1 aliphatic carbocycles. The van der Waals surface area contributed by atoms with Crippen LogP contribution in [0, 0.1) is 5.92 Å². The number of hydrogen-bond donors (Lipinski definition) is 2. The lowest BCUT2D eigenvalue weighted by atomic mass is 10.1. The molecule has 1 heterocycles. The number of hydrogen-bond acceptors (Lipinski definition) is 4. The van der Waals surface area contributed by atoms with Crippen LogP contribution in [0.2, 0.25) is 5.02 Å². The molecule has 2 atom stereocenters. The number of halogens is 1. The zero-order valence-electron chi connectivity index (χ0n) is 10.1. The molecule has 1 fully saturated rings. The van der Waals surface area contributed by atoms with E-state index in [0.717, 1.165) is 19.3 Å². The van der Waals surface area contributed by atoms with Crippen molar-refractivity contribution >= 4 is 27.4 Å². The minimum absolute atomic E-state index is 0.00123. The molecule has 1 aliphatic rings. The van der Waals surface area contributed by atoms with Gasteiger partial charge in [0.05, 0.1) is 5.02 Å². The Morgan fingerprint density at radius 2 is 2.22 bits per heavy atom. The van der Waals surface area contributed by atoms with Crippen LogP contribution >= 0.6 is 11.6 Å². The molecule has 100 valence electrons. The highest BCUT2D eigenvalue weighted by atomic mass is 35.5. The number of nitrogens with zero attached hydrogens (tertiary/aromatic N) is 1. The SMILES string of the molecule is CC1CCC(NS(=O)(=O)c2cnc(N)c(Cl)c2)C1. The van der Waals surface area contributed by atoms with Crippen LogP contribution in [0.1, 0.15) is 26.2 Å². The molecule has 0 bridgehead atoms. The van der Waals surface area contributed by atoms with Crippen LogP contribution in [0.4, 0.5) is 5.82 Å². The van der Waals surface area contributed by atoms with Crippen molar-refractivity contribution in [1.29, 1.82) is 0 Å². The molecular weight excluding hydrogens is 274 g/mol. The summed E-state index contributed by atoms with van der Waals surface area (Å²) in [6.45, 7) is 2.12. The lowest BCUT2D eigenvalue weighted by molar-refractivity contribution is 0.538. The minimum Gasteiger partial charge on any atom is -0.382 e. The first-order valence-corrected chi connectivity index (χ1v) is 7.68. The van der Waals surface area contributed by atoms with E-state index in [2.05, 4.69) is 16.6 Å². The highest BCUT2D eigenvalue weighted by molar-refractivity contribution is 7.89. The normalized spacial score (nSPS) is 24.3. The molecule has 0 aromatic carbocycles. The summed E-state index contributed by atoms with van der Waals surface area (Å²) in [6, 6.07) is 1.33. The Morgan fingerprint density at radius 1 is 1.50 bits per heavy atom. The van der Waals surface area contributed by atoms with Gasteiger partial charge in [-0.2, -0.15) is 0 Å². The number of sulfonamides is 1. The third kappa shape index (κ3) is 2.93. The molecule has 0 amide bonds. The first kappa shape index (κ1) is 13.6. The predicted octanol–water partition coefficient (Wildman–Crippen LogP) is 1.78. The van der Waals surface area contributed by atoms with Crippen LogP contribution in [-0.4, -0.2) is 19.4 Å². The van der Waals surface area contributed by atoms with Crippen molar-refractivity contribution in [3.05, 3.63) is 17.3 Å². The molecule has 18 heavy (non-hydrogen) atoms. The van der Waals surface area contributed by atoms with Gasteiger partial charge in [-0.05, 0) is 31.2 Å². The number of nitrogen functional groups attached to an aromatic ring is 1. The number of aromatic nitrogens is 1. The van der Waals surface area contributed by atoms with Crippen LogP contribution in [0.25, 0.3) is 0 Å². The third-order valence-electron chi connectivity index (χ3n) is 3.17. The van der Waals surface area contributed by atoms with E-state index in [9.17, 15) is 8.42 Å². The molecule has 0 saturated heterocycles. The standard InChI is InChI=1S/C11H16ClN3O2S/c1-7-2-3-8(4-7)15-18(16,17)9-5-10(12)11(13)14-6-9/h5-8,15H,2-4H2,1H3,(H2,13,14). The van der Waals surface area contributed by atoms with Gasteiger partial charge in [0.2, 0.25) is 10.0 Å². The molecule has 0 radical (unpaired) electrons. The van der Waals surface area contributed by atoms with E-state index in [1.165, 1.54) is 12.3 Å². The molecule has 0 aliphatic heterocycles. The smallest absolute Gasteiger partial charge is 0.242 e. The fourth-order valence-electron chi connectivity index (χ4n) is 2.18. The Morgan fingerprint density at radius 3 is 2.78 bits per heavy atom. The maximum Gasteiger partial charge on any atom is 0.242 e. The van der Waals surface area contributed by atoms with Crippen LogP contribution in [0.5, 0.6) is 0 Å². The summed E-state index contributed by atoms with van der Waals surface area (Å²) in [5, 5.41) is 0.151. The van der Waals surface area contributed by atoms with Crippen molar-refractivity contribution in [3.63, 3.8) is 0 Å². The maximum atomic E-state index is 12.1. The van der Waals surface area contributed by atoms with E-state index < -0.39 is 10.0 Å². The molecular formula is C11H16ClN3O2S. The Kier molecular flexibility index (Phi) is 3.79. The zero-order chi connectivity index (χ0) is 13.3. The monoisotopic (exact) mass is 289 g/mol. The fourth-order valence-corrected chi connectivity index (χ4v) is 3.66. The zero-order valence-corrected chi connectivity index (χ0v) is 11.6. The van der Waals surface area contributed by atoms with E-state index in [4.69, 9.17) is 17.3 Å². The Bertz CT molecular complexity index is 547. The minimum atomic E-state index is -3.56. The highest BCUT2D eigenvalue weighted by Gasteiger charge is 2.26. The average Bonchev–Trinajstić information content (AvgIpc) is 2.67. The molecule has 3 N–H and O–H groups in total. The second kappa shape index (κ2) is 5.03. The van der Waals surface area contributed by atoms with Gasteiger partial charge in [0.25, 0.3) is 0 Å². The molecule has 2 unspecified atom stereocenters. The van der Waals surface area contributed by atoms with Crippen LogP contribution in [-0.2, 0) is 10.0 Å². The molecule has 1 aromatic rings. The van der Waals surface area contributed by atoms with Crippen LogP contribution in [0.3, 0.4) is 0 Å². The average molecular weight is 290 g/mol. The van der Waals surface area contributed by atoms with Crippen LogP contribution < -0.4 is 10.5 Å². The fraction of sp³-hybridized carbons (Fsp3) is 0.545. The lowest BCUT2D eigenvalue weighted by Gasteiger charge is -2.13. The van der Waals surface area contributed by atoms with Crippen molar-refractivity contribution in [1.82, 2.24) is 9.71 Å². The number of rotatable bonds is 3. The summed E-state index contributed by atoms with van der Waals surface area (Å²) in [7, 11) is -3.56. The molecule has 2 rings (SSSR count). The Hall–Kier alpha value is -0.850. The van der Waals surface area contributed by atoms with E-state index in [1.807, 2.05) is 0 Å². The van der Waals surface area contributed by atoms with Crippen molar-refractivity contribution in [2.45, 2.75) is 37.1 Å². The maximum absolute atomic E-state index is 12.1. The van der Waals surface area contributed by atoms with E-state index >= 15 is 0 Å². The lowest BCUT2D eigenvalue weighted by Crippen LogP contribution is -2.33. The topological polar surface area (TPSA) is 85.1 Å². The van der Waals surface area contributed by atoms with E-state index in [1.54, 1.807) is 0 Å². The second-order valence-corrected chi connectivity index (χ2v) is 6.90. The predicted molar refractivity (Wildman–Crippen MR) is 70.8 cm³/mol. The Labute approximate surface area is 112 Å². The molecule has 1 aromatic heterocycles. The third-order valence-corrected chi connectivity index (χ3v) is 4.96. The summed E-state index contributed by atoms with van der Waals surface area (Å²) in [5.74, 6) is 0.691.